The van der Waals surface area contributed by atoms with Gasteiger partial charge in [0.25, 0.3) is 0 Å². The fraction of sp³-hybridized carbons (Fsp3) is 0.600. The van der Waals surface area contributed by atoms with Gasteiger partial charge in [-0.3, -0.25) is 9.35 Å². The van der Waals surface area contributed by atoms with Crippen molar-refractivity contribution in [2.75, 3.05) is 6.54 Å². The number of nitrogens with zero attached hydrogens (tertiary/aromatic N) is 2. The fourth-order valence-corrected chi connectivity index (χ4v) is 3.11. The maximum atomic E-state index is 12.1. The molecule has 3 rings (SSSR count). The van der Waals surface area contributed by atoms with Crippen LogP contribution in [0.2, 0.25) is 0 Å². The molecule has 2 aliphatic heterocycles. The predicted molar refractivity (Wildman–Crippen MR) is 71.3 cm³/mol. The standard InChI is InChI=1S/C10H13N3O6S.Na.H/c11-9(14)8-7(5-1-2-5)3-6-4-12(8)10(15)13(6)19-20(16,17)18;;/h3,5-6,8H,1-2,4H2,(H2,11,14)(H,16,17,18);;/t6-,8+;;/m1../s1. The van der Waals surface area contributed by atoms with Crippen molar-refractivity contribution >= 4 is 51.9 Å². The van der Waals surface area contributed by atoms with E-state index >= 15 is 0 Å². The number of hydrogen-bond donors (Lipinski definition) is 2. The van der Waals surface area contributed by atoms with Gasteiger partial charge in [-0.25, -0.2) is 4.79 Å². The first kappa shape index (κ1) is 16.7. The van der Waals surface area contributed by atoms with Gasteiger partial charge < -0.3 is 10.6 Å². The fourth-order valence-electron chi connectivity index (χ4n) is 2.73. The summed E-state index contributed by atoms with van der Waals surface area (Å²) in [5.74, 6) is -0.472. The number of nitrogens with two attached hydrogens (primary N) is 1. The van der Waals surface area contributed by atoms with Crippen LogP contribution in [0.3, 0.4) is 0 Å². The average molecular weight is 327 g/mol. The molecule has 2 atom stereocenters. The van der Waals surface area contributed by atoms with Gasteiger partial charge in [-0.05, 0) is 24.3 Å². The Morgan fingerprint density at radius 3 is 2.52 bits per heavy atom. The van der Waals surface area contributed by atoms with Crippen molar-refractivity contribution in [3.8, 4) is 0 Å². The molecule has 0 aromatic heterocycles. The summed E-state index contributed by atoms with van der Waals surface area (Å²) >= 11 is 0. The van der Waals surface area contributed by atoms with Crippen LogP contribution in [0, 0.1) is 5.92 Å². The molecule has 2 fully saturated rings. The molecule has 3 aliphatic rings. The Balaban J connectivity index is 0.00000161. The van der Waals surface area contributed by atoms with E-state index in [9.17, 15) is 18.0 Å². The molecule has 0 aromatic rings. The van der Waals surface area contributed by atoms with Crippen LogP contribution in [-0.2, 0) is 19.5 Å². The zero-order chi connectivity index (χ0) is 14.7. The normalized spacial score (nSPS) is 28.2. The summed E-state index contributed by atoms with van der Waals surface area (Å²) in [4.78, 5) is 24.8. The third-order valence-corrected chi connectivity index (χ3v) is 3.97. The molecule has 3 N–H and O–H groups in total. The van der Waals surface area contributed by atoms with Crippen molar-refractivity contribution in [3.05, 3.63) is 11.6 Å². The molecular formula is C10H14N3NaO6S. The van der Waals surface area contributed by atoms with Crippen molar-refractivity contribution in [1.82, 2.24) is 9.96 Å². The minimum atomic E-state index is -4.81. The molecule has 2 heterocycles. The molecule has 1 saturated heterocycles. The van der Waals surface area contributed by atoms with Crippen LogP contribution in [0.15, 0.2) is 11.6 Å². The van der Waals surface area contributed by atoms with Gasteiger partial charge in [-0.15, -0.1) is 4.28 Å². The second-order valence-corrected chi connectivity index (χ2v) is 6.08. The average Bonchev–Trinajstić information content (AvgIpc) is 3.13. The zero-order valence-corrected chi connectivity index (χ0v) is 11.1. The summed E-state index contributed by atoms with van der Waals surface area (Å²) in [5.41, 5.74) is 6.07. The quantitative estimate of drug-likeness (QED) is 0.363. The van der Waals surface area contributed by atoms with E-state index in [0.29, 0.717) is 5.06 Å². The summed E-state index contributed by atoms with van der Waals surface area (Å²) in [6, 6.07) is -2.33. The zero-order valence-electron chi connectivity index (χ0n) is 10.3. The monoisotopic (exact) mass is 327 g/mol. The molecule has 3 amide bonds. The van der Waals surface area contributed by atoms with Crippen molar-refractivity contribution in [1.29, 1.82) is 0 Å². The minimum absolute atomic E-state index is 0. The second kappa shape index (κ2) is 5.52. The maximum absolute atomic E-state index is 12.1. The van der Waals surface area contributed by atoms with E-state index < -0.39 is 34.4 Å². The van der Waals surface area contributed by atoms with Crippen LogP contribution in [-0.4, -0.2) is 83.1 Å². The third-order valence-electron chi connectivity index (χ3n) is 3.62. The van der Waals surface area contributed by atoms with Gasteiger partial charge in [-0.2, -0.15) is 13.5 Å². The Morgan fingerprint density at radius 1 is 1.43 bits per heavy atom. The molecule has 0 unspecified atom stereocenters. The van der Waals surface area contributed by atoms with Crippen molar-refractivity contribution < 1.29 is 26.8 Å². The first-order valence-electron chi connectivity index (χ1n) is 6.05. The van der Waals surface area contributed by atoms with Crippen LogP contribution in [0.5, 0.6) is 0 Å². The number of fused-ring (bicyclic) bond motifs is 2. The van der Waals surface area contributed by atoms with Crippen molar-refractivity contribution in [3.63, 3.8) is 0 Å². The van der Waals surface area contributed by atoms with E-state index in [4.69, 9.17) is 10.3 Å². The number of primary amides is 1. The third kappa shape index (κ3) is 3.10. The Labute approximate surface area is 143 Å². The molecule has 1 saturated carbocycles. The molecule has 21 heavy (non-hydrogen) atoms. The Kier molecular flexibility index (Phi) is 4.40. The molecule has 11 heteroatoms. The molecule has 2 bridgehead atoms. The molecule has 112 valence electrons. The van der Waals surface area contributed by atoms with E-state index in [-0.39, 0.29) is 42.0 Å². The Hall–Kier alpha value is -0.650. The first-order valence-corrected chi connectivity index (χ1v) is 7.42. The van der Waals surface area contributed by atoms with E-state index in [2.05, 4.69) is 4.28 Å². The Morgan fingerprint density at radius 2 is 2.05 bits per heavy atom. The number of urea groups is 1. The SMILES string of the molecule is NC(=O)[C@@H]1C(C2CC2)=C[C@@H]2CN1C(=O)N2OS(=O)(=O)O.[NaH]. The van der Waals surface area contributed by atoms with Gasteiger partial charge in [0.2, 0.25) is 5.91 Å². The number of rotatable bonds is 4. The molecule has 0 spiro atoms. The number of hydroxylamine groups is 2. The summed E-state index contributed by atoms with van der Waals surface area (Å²) in [6.07, 6.45) is 3.45. The van der Waals surface area contributed by atoms with Gasteiger partial charge in [0.15, 0.2) is 0 Å². The van der Waals surface area contributed by atoms with Crippen LogP contribution >= 0.6 is 0 Å². The number of amides is 3. The van der Waals surface area contributed by atoms with Crippen LogP contribution in [0.25, 0.3) is 0 Å². The number of carbonyl (C=O) groups excluding carboxylic acids is 2. The molecule has 9 nitrogen and oxygen atoms in total. The van der Waals surface area contributed by atoms with Crippen LogP contribution < -0.4 is 5.73 Å². The van der Waals surface area contributed by atoms with E-state index in [1.807, 2.05) is 0 Å². The van der Waals surface area contributed by atoms with Gasteiger partial charge in [0.1, 0.15) is 6.04 Å². The van der Waals surface area contributed by atoms with Gasteiger partial charge in [0, 0.05) is 0 Å². The van der Waals surface area contributed by atoms with Crippen LogP contribution in [0.4, 0.5) is 4.79 Å². The van der Waals surface area contributed by atoms with E-state index in [0.717, 1.165) is 18.4 Å². The summed E-state index contributed by atoms with van der Waals surface area (Å²) in [7, 11) is -4.81. The molecule has 0 radical (unpaired) electrons. The molecule has 1 aliphatic carbocycles. The van der Waals surface area contributed by atoms with E-state index in [1.54, 1.807) is 6.08 Å². The van der Waals surface area contributed by atoms with Gasteiger partial charge in [0.05, 0.1) is 12.6 Å². The van der Waals surface area contributed by atoms with Crippen molar-refractivity contribution in [2.24, 2.45) is 11.7 Å². The van der Waals surface area contributed by atoms with Gasteiger partial charge >= 0.3 is 46.0 Å². The summed E-state index contributed by atoms with van der Waals surface area (Å²) in [5, 5.41) is 0.556. The summed E-state index contributed by atoms with van der Waals surface area (Å²) in [6.45, 7) is 0.0954. The van der Waals surface area contributed by atoms with E-state index in [1.165, 1.54) is 4.90 Å². The first-order chi connectivity index (χ1) is 9.28. The predicted octanol–water partition coefficient (Wildman–Crippen LogP) is -1.62. The number of hydrogen-bond acceptors (Lipinski definition) is 5. The van der Waals surface area contributed by atoms with Crippen LogP contribution in [0.1, 0.15) is 12.8 Å². The van der Waals surface area contributed by atoms with Gasteiger partial charge in [-0.1, -0.05) is 6.08 Å². The summed E-state index contributed by atoms with van der Waals surface area (Å²) < 4.78 is 34.5. The molecular weight excluding hydrogens is 313 g/mol. The molecule has 0 aromatic carbocycles. The van der Waals surface area contributed by atoms with Crippen molar-refractivity contribution in [2.45, 2.75) is 24.9 Å². The Bertz CT molecular complexity index is 616. The second-order valence-electron chi connectivity index (χ2n) is 5.08. The number of carbonyl (C=O) groups is 2. The topological polar surface area (TPSA) is 130 Å².